The Hall–Kier alpha value is -2.02. The molecule has 3 atom stereocenters. The van der Waals surface area contributed by atoms with Gasteiger partial charge in [-0.25, -0.2) is 0 Å². The quantitative estimate of drug-likeness (QED) is 0.875. The molecular weight excluding hydrogens is 352 g/mol. The molecule has 0 bridgehead atoms. The van der Waals surface area contributed by atoms with E-state index >= 15 is 0 Å². The lowest BCUT2D eigenvalue weighted by Crippen LogP contribution is -2.49. The standard InChI is InChI=1S/C19H22N2O4S/c22-16(13-5-2-1-3-6-13)21-12-26-10-15(21)17(23)20-9-14-7-4-8-19(14,11-20)18(24)25/h1-3,5-6,14-15H,4,7-12H2,(H,24,25)/t14-,15?,19+/m0/s1. The molecule has 2 heterocycles. The number of carboxylic acid groups (broad SMARTS) is 1. The SMILES string of the molecule is O=C(C1CSCN1C(=O)c1ccccc1)N1C[C@@H]2CCC[C@@]2(C(=O)O)C1. The lowest BCUT2D eigenvalue weighted by molar-refractivity contribution is -0.149. The largest absolute Gasteiger partial charge is 0.481 e. The van der Waals surface area contributed by atoms with Crippen LogP contribution in [0, 0.1) is 11.3 Å². The Morgan fingerprint density at radius 1 is 1.19 bits per heavy atom. The van der Waals surface area contributed by atoms with Gasteiger partial charge in [0.05, 0.1) is 11.3 Å². The number of hydrogen-bond donors (Lipinski definition) is 1. The summed E-state index contributed by atoms with van der Waals surface area (Å²) in [6, 6.07) is 8.49. The zero-order chi connectivity index (χ0) is 18.3. The molecular formula is C19H22N2O4S. The van der Waals surface area contributed by atoms with Crippen LogP contribution in [-0.2, 0) is 9.59 Å². The molecule has 0 spiro atoms. The van der Waals surface area contributed by atoms with Crippen LogP contribution >= 0.6 is 11.8 Å². The molecule has 3 aliphatic rings. The number of benzene rings is 1. The highest BCUT2D eigenvalue weighted by Gasteiger charge is 2.56. The van der Waals surface area contributed by atoms with E-state index in [-0.39, 0.29) is 24.3 Å². The number of likely N-dealkylation sites (tertiary alicyclic amines) is 1. The van der Waals surface area contributed by atoms with Crippen molar-refractivity contribution in [3.05, 3.63) is 35.9 Å². The molecule has 2 aliphatic heterocycles. The second-order valence-electron chi connectivity index (χ2n) is 7.43. The van der Waals surface area contributed by atoms with Gasteiger partial charge in [-0.15, -0.1) is 11.8 Å². The molecule has 26 heavy (non-hydrogen) atoms. The van der Waals surface area contributed by atoms with Gasteiger partial charge in [-0.05, 0) is 30.9 Å². The van der Waals surface area contributed by atoms with Gasteiger partial charge in [-0.3, -0.25) is 14.4 Å². The molecule has 1 aromatic carbocycles. The summed E-state index contributed by atoms with van der Waals surface area (Å²) in [7, 11) is 0. The van der Waals surface area contributed by atoms with Crippen LogP contribution < -0.4 is 0 Å². The van der Waals surface area contributed by atoms with Gasteiger partial charge in [0.25, 0.3) is 5.91 Å². The molecule has 1 N–H and O–H groups in total. The van der Waals surface area contributed by atoms with Crippen molar-refractivity contribution in [1.29, 1.82) is 0 Å². The number of fused-ring (bicyclic) bond motifs is 1. The first-order valence-electron chi connectivity index (χ1n) is 8.99. The Labute approximate surface area is 156 Å². The summed E-state index contributed by atoms with van der Waals surface area (Å²) < 4.78 is 0. The normalized spacial score (nSPS) is 30.5. The predicted molar refractivity (Wildman–Crippen MR) is 97.7 cm³/mol. The highest BCUT2D eigenvalue weighted by molar-refractivity contribution is 7.99. The minimum Gasteiger partial charge on any atom is -0.481 e. The van der Waals surface area contributed by atoms with Crippen LogP contribution in [0.25, 0.3) is 0 Å². The minimum atomic E-state index is -0.784. The number of amides is 2. The molecule has 3 fully saturated rings. The second kappa shape index (κ2) is 6.61. The number of carbonyl (C=O) groups excluding carboxylic acids is 2. The fourth-order valence-electron chi connectivity index (χ4n) is 4.61. The van der Waals surface area contributed by atoms with E-state index in [1.165, 1.54) is 0 Å². The van der Waals surface area contributed by atoms with Crippen LogP contribution in [0.1, 0.15) is 29.6 Å². The van der Waals surface area contributed by atoms with Crippen molar-refractivity contribution < 1.29 is 19.5 Å². The van der Waals surface area contributed by atoms with Crippen LogP contribution in [0.3, 0.4) is 0 Å². The Bertz CT molecular complexity index is 740. The summed E-state index contributed by atoms with van der Waals surface area (Å²) in [4.78, 5) is 41.1. The third-order valence-electron chi connectivity index (χ3n) is 6.06. The smallest absolute Gasteiger partial charge is 0.311 e. The molecule has 0 aromatic heterocycles. The number of carboxylic acids is 1. The summed E-state index contributed by atoms with van der Waals surface area (Å²) in [6.07, 6.45) is 2.42. The van der Waals surface area contributed by atoms with Crippen molar-refractivity contribution >= 4 is 29.5 Å². The maximum atomic E-state index is 13.1. The van der Waals surface area contributed by atoms with Crippen molar-refractivity contribution in [1.82, 2.24) is 9.80 Å². The monoisotopic (exact) mass is 374 g/mol. The number of thioether (sulfide) groups is 1. The average molecular weight is 374 g/mol. The van der Waals surface area contributed by atoms with Gasteiger partial charge in [0.15, 0.2) is 0 Å². The van der Waals surface area contributed by atoms with E-state index in [0.29, 0.717) is 30.2 Å². The first-order chi connectivity index (χ1) is 12.5. The average Bonchev–Trinajstić information content (AvgIpc) is 3.35. The first-order valence-corrected chi connectivity index (χ1v) is 10.1. The summed E-state index contributed by atoms with van der Waals surface area (Å²) >= 11 is 1.57. The summed E-state index contributed by atoms with van der Waals surface area (Å²) in [6.45, 7) is 0.778. The van der Waals surface area contributed by atoms with E-state index in [2.05, 4.69) is 0 Å². The fraction of sp³-hybridized carbons (Fsp3) is 0.526. The van der Waals surface area contributed by atoms with Crippen molar-refractivity contribution in [2.45, 2.75) is 25.3 Å². The van der Waals surface area contributed by atoms with Crippen molar-refractivity contribution in [2.75, 3.05) is 24.7 Å². The molecule has 0 radical (unpaired) electrons. The van der Waals surface area contributed by atoms with Gasteiger partial charge in [0.2, 0.25) is 5.91 Å². The van der Waals surface area contributed by atoms with Crippen LogP contribution in [0.5, 0.6) is 0 Å². The van der Waals surface area contributed by atoms with E-state index in [0.717, 1.165) is 12.8 Å². The number of hydrogen-bond acceptors (Lipinski definition) is 4. The topological polar surface area (TPSA) is 77.9 Å². The van der Waals surface area contributed by atoms with E-state index in [1.807, 2.05) is 18.2 Å². The van der Waals surface area contributed by atoms with Crippen LogP contribution in [0.15, 0.2) is 30.3 Å². The minimum absolute atomic E-state index is 0.0382. The summed E-state index contributed by atoms with van der Waals surface area (Å²) in [5, 5.41) is 9.72. The predicted octanol–water partition coefficient (Wildman–Crippen LogP) is 1.92. The molecule has 4 rings (SSSR count). The zero-order valence-electron chi connectivity index (χ0n) is 14.5. The van der Waals surface area contributed by atoms with Crippen LogP contribution in [-0.4, -0.2) is 63.5 Å². The molecule has 1 aromatic rings. The van der Waals surface area contributed by atoms with E-state index < -0.39 is 17.4 Å². The lowest BCUT2D eigenvalue weighted by atomic mass is 9.81. The van der Waals surface area contributed by atoms with E-state index in [1.54, 1.807) is 33.7 Å². The van der Waals surface area contributed by atoms with Gasteiger partial charge in [-0.2, -0.15) is 0 Å². The van der Waals surface area contributed by atoms with Crippen LogP contribution in [0.4, 0.5) is 0 Å². The first kappa shape index (κ1) is 17.4. The molecule has 1 aliphatic carbocycles. The molecule has 1 saturated carbocycles. The zero-order valence-corrected chi connectivity index (χ0v) is 15.3. The Balaban J connectivity index is 1.51. The Kier molecular flexibility index (Phi) is 4.42. The second-order valence-corrected chi connectivity index (χ2v) is 8.43. The molecule has 7 heteroatoms. The van der Waals surface area contributed by atoms with Crippen LogP contribution in [0.2, 0.25) is 0 Å². The van der Waals surface area contributed by atoms with Crippen molar-refractivity contribution in [3.63, 3.8) is 0 Å². The molecule has 138 valence electrons. The van der Waals surface area contributed by atoms with Crippen molar-refractivity contribution in [3.8, 4) is 0 Å². The maximum Gasteiger partial charge on any atom is 0.311 e. The number of rotatable bonds is 3. The number of carbonyl (C=O) groups is 3. The maximum absolute atomic E-state index is 13.1. The van der Waals surface area contributed by atoms with Gasteiger partial charge < -0.3 is 14.9 Å². The lowest BCUT2D eigenvalue weighted by Gasteiger charge is -2.28. The fourth-order valence-corrected chi connectivity index (χ4v) is 5.76. The summed E-state index contributed by atoms with van der Waals surface area (Å²) in [5.41, 5.74) is -0.205. The third-order valence-corrected chi connectivity index (χ3v) is 7.07. The highest BCUT2D eigenvalue weighted by Crippen LogP contribution is 2.49. The summed E-state index contributed by atoms with van der Waals surface area (Å²) in [5.74, 6) is 0.0737. The molecule has 6 nitrogen and oxygen atoms in total. The Morgan fingerprint density at radius 3 is 2.65 bits per heavy atom. The van der Waals surface area contributed by atoms with E-state index in [4.69, 9.17) is 0 Å². The molecule has 1 unspecified atom stereocenters. The van der Waals surface area contributed by atoms with E-state index in [9.17, 15) is 19.5 Å². The highest BCUT2D eigenvalue weighted by atomic mass is 32.2. The van der Waals surface area contributed by atoms with Gasteiger partial charge >= 0.3 is 5.97 Å². The Morgan fingerprint density at radius 2 is 1.96 bits per heavy atom. The van der Waals surface area contributed by atoms with Gasteiger partial charge in [-0.1, -0.05) is 24.6 Å². The van der Waals surface area contributed by atoms with Gasteiger partial charge in [0.1, 0.15) is 6.04 Å². The number of nitrogens with zero attached hydrogens (tertiary/aromatic N) is 2. The third kappa shape index (κ3) is 2.69. The molecule has 2 saturated heterocycles. The number of aliphatic carboxylic acids is 1. The molecule has 2 amide bonds. The van der Waals surface area contributed by atoms with Crippen molar-refractivity contribution in [2.24, 2.45) is 11.3 Å². The van der Waals surface area contributed by atoms with Gasteiger partial charge in [0, 0.05) is 24.4 Å².